The Bertz CT molecular complexity index is 623. The second-order valence-electron chi connectivity index (χ2n) is 5.54. The number of halogens is 1. The molecular formula is C14H19FN2O3S. The Hall–Kier alpha value is -1.18. The van der Waals surface area contributed by atoms with Crippen LogP contribution < -0.4 is 4.90 Å². The third-order valence-corrected chi connectivity index (χ3v) is 6.51. The number of hydrogen-bond donors (Lipinski definition) is 1. The third-order valence-electron chi connectivity index (χ3n) is 4.11. The Kier molecular flexibility index (Phi) is 3.90. The normalized spacial score (nSPS) is 20.8. The summed E-state index contributed by atoms with van der Waals surface area (Å²) in [5.41, 5.74) is 0.700. The quantitative estimate of drug-likeness (QED) is 0.898. The van der Waals surface area contributed by atoms with E-state index in [9.17, 15) is 12.8 Å². The van der Waals surface area contributed by atoms with E-state index in [-0.39, 0.29) is 17.4 Å². The molecule has 0 atom stereocenters. The second kappa shape index (κ2) is 5.55. The van der Waals surface area contributed by atoms with Crippen LogP contribution in [0.25, 0.3) is 0 Å². The van der Waals surface area contributed by atoms with Crippen molar-refractivity contribution in [3.05, 3.63) is 29.6 Å². The van der Waals surface area contributed by atoms with E-state index in [0.717, 1.165) is 12.8 Å². The number of hydrogen-bond acceptors (Lipinski definition) is 4. The van der Waals surface area contributed by atoms with Gasteiger partial charge < -0.3 is 10.0 Å². The van der Waals surface area contributed by atoms with Crippen molar-refractivity contribution < 1.29 is 17.9 Å². The Morgan fingerprint density at radius 1 is 1.19 bits per heavy atom. The van der Waals surface area contributed by atoms with Gasteiger partial charge in [-0.25, -0.2) is 12.8 Å². The molecule has 21 heavy (non-hydrogen) atoms. The molecular weight excluding hydrogens is 295 g/mol. The highest BCUT2D eigenvalue weighted by atomic mass is 32.2. The van der Waals surface area contributed by atoms with Crippen LogP contribution in [0, 0.1) is 5.82 Å². The molecule has 2 fully saturated rings. The highest BCUT2D eigenvalue weighted by Gasteiger charge is 2.41. The molecule has 1 N–H and O–H groups in total. The average Bonchev–Trinajstić information content (AvgIpc) is 3.33. The van der Waals surface area contributed by atoms with Crippen molar-refractivity contribution in [2.24, 2.45) is 0 Å². The van der Waals surface area contributed by atoms with Crippen LogP contribution in [-0.2, 0) is 16.6 Å². The van der Waals surface area contributed by atoms with Gasteiger partial charge in [-0.05, 0) is 18.9 Å². The smallest absolute Gasteiger partial charge is 0.217 e. The van der Waals surface area contributed by atoms with Crippen molar-refractivity contribution in [2.75, 3.05) is 31.1 Å². The minimum absolute atomic E-state index is 0.196. The Balaban J connectivity index is 1.71. The molecule has 0 radical (unpaired) electrons. The van der Waals surface area contributed by atoms with Gasteiger partial charge in [0, 0.05) is 31.7 Å². The van der Waals surface area contributed by atoms with Crippen LogP contribution in [0.4, 0.5) is 10.1 Å². The van der Waals surface area contributed by atoms with Gasteiger partial charge in [0.1, 0.15) is 0 Å². The average molecular weight is 314 g/mol. The van der Waals surface area contributed by atoms with Crippen LogP contribution in [0.1, 0.15) is 18.4 Å². The molecule has 0 bridgehead atoms. The Morgan fingerprint density at radius 3 is 2.43 bits per heavy atom. The molecule has 0 spiro atoms. The maximum absolute atomic E-state index is 14.2. The summed E-state index contributed by atoms with van der Waals surface area (Å²) in [4.78, 5) is 1.84. The van der Waals surface area contributed by atoms with Gasteiger partial charge in [-0.2, -0.15) is 4.31 Å². The summed E-state index contributed by atoms with van der Waals surface area (Å²) in [6.45, 7) is 1.38. The number of aliphatic hydroxyl groups is 1. The van der Waals surface area contributed by atoms with E-state index in [0.29, 0.717) is 31.9 Å². The molecule has 1 aromatic rings. The number of sulfonamides is 1. The molecule has 7 heteroatoms. The number of rotatable bonds is 4. The van der Waals surface area contributed by atoms with Crippen LogP contribution >= 0.6 is 0 Å². The van der Waals surface area contributed by atoms with E-state index in [1.165, 1.54) is 4.31 Å². The summed E-state index contributed by atoms with van der Waals surface area (Å²) in [6, 6.07) is 4.92. The highest BCUT2D eigenvalue weighted by molar-refractivity contribution is 7.90. The molecule has 1 heterocycles. The maximum Gasteiger partial charge on any atom is 0.217 e. The lowest BCUT2D eigenvalue weighted by molar-refractivity contribution is 0.275. The van der Waals surface area contributed by atoms with Crippen molar-refractivity contribution in [2.45, 2.75) is 24.7 Å². The molecule has 0 aromatic heterocycles. The molecule has 1 aliphatic carbocycles. The lowest BCUT2D eigenvalue weighted by atomic mass is 10.1. The van der Waals surface area contributed by atoms with E-state index in [1.807, 2.05) is 4.90 Å². The Morgan fingerprint density at radius 2 is 1.86 bits per heavy atom. The lowest BCUT2D eigenvalue weighted by Gasteiger charge is -2.35. The third kappa shape index (κ3) is 2.77. The molecule has 0 amide bonds. The molecule has 1 saturated heterocycles. The molecule has 1 aromatic carbocycles. The number of aliphatic hydroxyl groups excluding tert-OH is 1. The zero-order valence-electron chi connectivity index (χ0n) is 11.7. The van der Waals surface area contributed by atoms with Crippen molar-refractivity contribution in [3.63, 3.8) is 0 Å². The molecule has 0 unspecified atom stereocenters. The van der Waals surface area contributed by atoms with Gasteiger partial charge in [0.2, 0.25) is 10.0 Å². The number of benzene rings is 1. The van der Waals surface area contributed by atoms with Crippen molar-refractivity contribution >= 4 is 15.7 Å². The summed E-state index contributed by atoms with van der Waals surface area (Å²) < 4.78 is 40.0. The summed E-state index contributed by atoms with van der Waals surface area (Å²) in [5.74, 6) is -0.418. The zero-order valence-corrected chi connectivity index (χ0v) is 12.5. The predicted molar refractivity (Wildman–Crippen MR) is 78.1 cm³/mol. The fraction of sp³-hybridized carbons (Fsp3) is 0.571. The van der Waals surface area contributed by atoms with Crippen LogP contribution in [0.5, 0.6) is 0 Å². The lowest BCUT2D eigenvalue weighted by Crippen LogP contribution is -2.49. The molecule has 116 valence electrons. The van der Waals surface area contributed by atoms with Crippen LogP contribution in [-0.4, -0.2) is 49.3 Å². The minimum Gasteiger partial charge on any atom is -0.392 e. The first-order chi connectivity index (χ1) is 10.0. The summed E-state index contributed by atoms with van der Waals surface area (Å²) in [6.07, 6.45) is 1.52. The monoisotopic (exact) mass is 314 g/mol. The number of piperazine rings is 1. The second-order valence-corrected chi connectivity index (χ2v) is 7.75. The van der Waals surface area contributed by atoms with Crippen LogP contribution in [0.2, 0.25) is 0 Å². The van der Waals surface area contributed by atoms with E-state index in [2.05, 4.69) is 0 Å². The first-order valence-electron chi connectivity index (χ1n) is 7.16. The summed E-state index contributed by atoms with van der Waals surface area (Å²) in [7, 11) is -3.14. The standard InChI is InChI=1S/C14H19FN2O3S/c15-14-11(10-18)2-1-3-13(14)16-6-8-17(9-7-16)21(19,20)12-4-5-12/h1-3,12,18H,4-10H2. The first kappa shape index (κ1) is 14.7. The summed E-state index contributed by atoms with van der Waals surface area (Å²) >= 11 is 0. The first-order valence-corrected chi connectivity index (χ1v) is 8.66. The van der Waals surface area contributed by atoms with E-state index >= 15 is 0 Å². The molecule has 1 aliphatic heterocycles. The molecule has 3 rings (SSSR count). The van der Waals surface area contributed by atoms with Crippen molar-refractivity contribution in [3.8, 4) is 0 Å². The minimum atomic E-state index is -3.14. The Labute approximate surface area is 124 Å². The highest BCUT2D eigenvalue weighted by Crippen LogP contribution is 2.32. The number of anilines is 1. The fourth-order valence-electron chi connectivity index (χ4n) is 2.69. The molecule has 1 saturated carbocycles. The SMILES string of the molecule is O=S(=O)(C1CC1)N1CCN(c2cccc(CO)c2F)CC1. The van der Waals surface area contributed by atoms with Crippen LogP contribution in [0.3, 0.4) is 0 Å². The van der Waals surface area contributed by atoms with E-state index < -0.39 is 15.8 Å². The number of nitrogens with zero attached hydrogens (tertiary/aromatic N) is 2. The van der Waals surface area contributed by atoms with Gasteiger partial charge in [-0.1, -0.05) is 12.1 Å². The topological polar surface area (TPSA) is 60.9 Å². The van der Waals surface area contributed by atoms with Gasteiger partial charge in [0.05, 0.1) is 17.5 Å². The van der Waals surface area contributed by atoms with Crippen molar-refractivity contribution in [1.29, 1.82) is 0 Å². The van der Waals surface area contributed by atoms with Gasteiger partial charge in [0.15, 0.2) is 5.82 Å². The zero-order chi connectivity index (χ0) is 15.0. The molecule has 5 nitrogen and oxygen atoms in total. The van der Waals surface area contributed by atoms with E-state index in [4.69, 9.17) is 5.11 Å². The summed E-state index contributed by atoms with van der Waals surface area (Å²) in [5, 5.41) is 8.92. The van der Waals surface area contributed by atoms with Gasteiger partial charge in [-0.15, -0.1) is 0 Å². The van der Waals surface area contributed by atoms with Gasteiger partial charge >= 0.3 is 0 Å². The predicted octanol–water partition coefficient (Wildman–Crippen LogP) is 0.932. The van der Waals surface area contributed by atoms with E-state index in [1.54, 1.807) is 18.2 Å². The molecule has 2 aliphatic rings. The van der Waals surface area contributed by atoms with Gasteiger partial charge in [-0.3, -0.25) is 0 Å². The van der Waals surface area contributed by atoms with Crippen LogP contribution in [0.15, 0.2) is 18.2 Å². The van der Waals surface area contributed by atoms with Gasteiger partial charge in [0.25, 0.3) is 0 Å². The fourth-order valence-corrected chi connectivity index (χ4v) is 4.52. The largest absolute Gasteiger partial charge is 0.392 e. The van der Waals surface area contributed by atoms with Crippen molar-refractivity contribution in [1.82, 2.24) is 4.31 Å². The maximum atomic E-state index is 14.2.